The average molecular weight is 375 g/mol. The lowest BCUT2D eigenvalue weighted by Crippen LogP contribution is -2.16. The Morgan fingerprint density at radius 2 is 2.04 bits per heavy atom. The average Bonchev–Trinajstić information content (AvgIpc) is 3.46. The quantitative estimate of drug-likeness (QED) is 0.614. The SMILES string of the molecule is CC[C@H](C(=N)C1[CH]C1)c1cn(-c2nc(N)nc(N(C)c3ccccc3)n2)cn1. The number of para-hydroxylation sites is 1. The highest BCUT2D eigenvalue weighted by Crippen LogP contribution is 2.35. The van der Waals surface area contributed by atoms with Crippen LogP contribution in [0.5, 0.6) is 0 Å². The van der Waals surface area contributed by atoms with Crippen LogP contribution in [0.25, 0.3) is 5.95 Å². The van der Waals surface area contributed by atoms with Gasteiger partial charge in [0.1, 0.15) is 6.33 Å². The largest absolute Gasteiger partial charge is 0.368 e. The summed E-state index contributed by atoms with van der Waals surface area (Å²) in [6.45, 7) is 2.08. The van der Waals surface area contributed by atoms with Gasteiger partial charge in [0.25, 0.3) is 0 Å². The van der Waals surface area contributed by atoms with Crippen molar-refractivity contribution in [3.8, 4) is 5.95 Å². The van der Waals surface area contributed by atoms with Gasteiger partial charge in [-0.3, -0.25) is 4.57 Å². The summed E-state index contributed by atoms with van der Waals surface area (Å²) in [7, 11) is 1.88. The molecule has 4 rings (SSSR count). The van der Waals surface area contributed by atoms with Crippen LogP contribution in [0.3, 0.4) is 0 Å². The summed E-state index contributed by atoms with van der Waals surface area (Å²) in [6.07, 6.45) is 7.53. The molecule has 1 saturated carbocycles. The fourth-order valence-corrected chi connectivity index (χ4v) is 3.20. The number of benzene rings is 1. The first-order valence-electron chi connectivity index (χ1n) is 9.33. The third-order valence-electron chi connectivity index (χ3n) is 4.92. The Morgan fingerprint density at radius 1 is 1.29 bits per heavy atom. The first kappa shape index (κ1) is 18.1. The fourth-order valence-electron chi connectivity index (χ4n) is 3.20. The lowest BCUT2D eigenvalue weighted by atomic mass is 9.94. The first-order valence-corrected chi connectivity index (χ1v) is 9.33. The molecule has 1 aromatic carbocycles. The number of nitrogens with one attached hydrogen (secondary N) is 1. The van der Waals surface area contributed by atoms with Gasteiger partial charge in [-0.25, -0.2) is 4.98 Å². The third-order valence-corrected chi connectivity index (χ3v) is 4.92. The molecule has 2 heterocycles. The van der Waals surface area contributed by atoms with Crippen LogP contribution in [0.1, 0.15) is 31.4 Å². The molecule has 0 bridgehead atoms. The molecule has 2 aromatic heterocycles. The van der Waals surface area contributed by atoms with E-state index >= 15 is 0 Å². The lowest BCUT2D eigenvalue weighted by molar-refractivity contribution is 0.789. The van der Waals surface area contributed by atoms with Crippen molar-refractivity contribution < 1.29 is 0 Å². The number of nitrogen functional groups attached to an aromatic ring is 1. The molecule has 0 saturated heterocycles. The van der Waals surface area contributed by atoms with E-state index in [1.54, 1.807) is 10.9 Å². The highest BCUT2D eigenvalue weighted by atomic mass is 15.3. The van der Waals surface area contributed by atoms with Gasteiger partial charge in [0, 0.05) is 36.5 Å². The van der Waals surface area contributed by atoms with E-state index < -0.39 is 0 Å². The van der Waals surface area contributed by atoms with E-state index in [9.17, 15) is 0 Å². The molecule has 0 aliphatic heterocycles. The summed E-state index contributed by atoms with van der Waals surface area (Å²) in [5, 5.41) is 8.39. The van der Waals surface area contributed by atoms with Crippen molar-refractivity contribution in [1.29, 1.82) is 5.41 Å². The molecule has 8 nitrogen and oxygen atoms in total. The minimum Gasteiger partial charge on any atom is -0.368 e. The zero-order valence-electron chi connectivity index (χ0n) is 15.9. The van der Waals surface area contributed by atoms with E-state index in [2.05, 4.69) is 33.3 Å². The first-order chi connectivity index (χ1) is 13.6. The van der Waals surface area contributed by atoms with E-state index in [4.69, 9.17) is 11.1 Å². The maximum Gasteiger partial charge on any atom is 0.241 e. The highest BCUT2D eigenvalue weighted by Gasteiger charge is 2.32. The molecule has 28 heavy (non-hydrogen) atoms. The van der Waals surface area contributed by atoms with Gasteiger partial charge in [-0.1, -0.05) is 25.1 Å². The summed E-state index contributed by atoms with van der Waals surface area (Å²) in [5.41, 5.74) is 8.47. The van der Waals surface area contributed by atoms with Crippen molar-refractivity contribution in [2.75, 3.05) is 17.7 Å². The maximum absolute atomic E-state index is 8.39. The number of nitrogens with zero attached hydrogens (tertiary/aromatic N) is 6. The number of imidazole rings is 1. The summed E-state index contributed by atoms with van der Waals surface area (Å²) in [6, 6.07) is 9.81. The second-order valence-corrected chi connectivity index (χ2v) is 6.89. The van der Waals surface area contributed by atoms with Crippen LogP contribution in [-0.4, -0.2) is 37.3 Å². The molecule has 0 amide bonds. The molecule has 2 atom stereocenters. The Morgan fingerprint density at radius 3 is 2.71 bits per heavy atom. The number of anilines is 3. The van der Waals surface area contributed by atoms with Gasteiger partial charge < -0.3 is 16.0 Å². The summed E-state index contributed by atoms with van der Waals surface area (Å²) in [4.78, 5) is 19.4. The van der Waals surface area contributed by atoms with Crippen molar-refractivity contribution in [1.82, 2.24) is 24.5 Å². The number of hydrogen-bond donors (Lipinski definition) is 2. The fraction of sp³-hybridized carbons (Fsp3) is 0.300. The van der Waals surface area contributed by atoms with Crippen LogP contribution in [0.2, 0.25) is 0 Å². The molecular formula is C20H23N8. The Labute approximate surface area is 164 Å². The molecule has 1 aliphatic rings. The van der Waals surface area contributed by atoms with E-state index in [0.717, 1.165) is 29.9 Å². The van der Waals surface area contributed by atoms with Crippen LogP contribution in [-0.2, 0) is 0 Å². The summed E-state index contributed by atoms with van der Waals surface area (Å²) < 4.78 is 1.74. The van der Waals surface area contributed by atoms with Gasteiger partial charge in [-0.05, 0) is 31.4 Å². The molecule has 3 N–H and O–H groups in total. The van der Waals surface area contributed by atoms with Gasteiger partial charge in [0.15, 0.2) is 0 Å². The van der Waals surface area contributed by atoms with Gasteiger partial charge in [0.05, 0.1) is 5.69 Å². The molecular weight excluding hydrogens is 352 g/mol. The Hall–Kier alpha value is -3.29. The monoisotopic (exact) mass is 375 g/mol. The van der Waals surface area contributed by atoms with Crippen LogP contribution >= 0.6 is 0 Å². The van der Waals surface area contributed by atoms with Crippen LogP contribution in [0.4, 0.5) is 17.6 Å². The van der Waals surface area contributed by atoms with E-state index in [0.29, 0.717) is 17.8 Å². The van der Waals surface area contributed by atoms with Gasteiger partial charge >= 0.3 is 0 Å². The second-order valence-electron chi connectivity index (χ2n) is 6.89. The van der Waals surface area contributed by atoms with E-state index in [1.165, 1.54) is 0 Å². The number of aromatic nitrogens is 5. The molecule has 0 spiro atoms. The molecule has 1 aliphatic carbocycles. The Kier molecular flexibility index (Phi) is 4.77. The van der Waals surface area contributed by atoms with Gasteiger partial charge in [-0.15, -0.1) is 0 Å². The minimum absolute atomic E-state index is 0.00986. The normalized spacial score (nSPS) is 14.6. The Balaban J connectivity index is 1.64. The molecule has 3 aromatic rings. The number of nitrogens with two attached hydrogens (primary N) is 1. The lowest BCUT2D eigenvalue weighted by Gasteiger charge is -2.17. The zero-order valence-corrected chi connectivity index (χ0v) is 15.9. The number of hydrogen-bond acceptors (Lipinski definition) is 7. The number of rotatable bonds is 7. The molecule has 1 fully saturated rings. The maximum atomic E-state index is 8.39. The second kappa shape index (κ2) is 7.38. The predicted molar refractivity (Wildman–Crippen MR) is 109 cm³/mol. The van der Waals surface area contributed by atoms with Crippen molar-refractivity contribution >= 4 is 23.3 Å². The molecule has 143 valence electrons. The highest BCUT2D eigenvalue weighted by molar-refractivity contribution is 5.93. The topological polar surface area (TPSA) is 110 Å². The molecule has 1 unspecified atom stereocenters. The molecule has 1 radical (unpaired) electrons. The van der Waals surface area contributed by atoms with Crippen molar-refractivity contribution in [3.05, 3.63) is 55.0 Å². The van der Waals surface area contributed by atoms with Crippen molar-refractivity contribution in [2.45, 2.75) is 25.7 Å². The van der Waals surface area contributed by atoms with Crippen LogP contribution in [0.15, 0.2) is 42.9 Å². The minimum atomic E-state index is 0.00986. The summed E-state index contributed by atoms with van der Waals surface area (Å²) >= 11 is 0. The van der Waals surface area contributed by atoms with Crippen molar-refractivity contribution in [2.24, 2.45) is 5.92 Å². The zero-order chi connectivity index (χ0) is 19.7. The van der Waals surface area contributed by atoms with Gasteiger partial charge in [-0.2, -0.15) is 15.0 Å². The van der Waals surface area contributed by atoms with Crippen LogP contribution < -0.4 is 10.6 Å². The smallest absolute Gasteiger partial charge is 0.241 e. The standard InChI is InChI=1S/C20H23N8/c1-3-15(17(21)13-9-10-13)16-11-28(12-23-16)20-25-18(22)24-19(26-20)27(2)14-7-5-4-6-8-14/h4-9,11-13,15,21H,3,10H2,1-2H3,(H2,22,24,25,26)/t13?,15-/m0/s1. The van der Waals surface area contributed by atoms with E-state index in [-0.39, 0.29) is 11.9 Å². The summed E-state index contributed by atoms with van der Waals surface area (Å²) in [5.74, 6) is 1.31. The van der Waals surface area contributed by atoms with Crippen LogP contribution in [0, 0.1) is 17.7 Å². The molecule has 8 heteroatoms. The third kappa shape index (κ3) is 3.58. The van der Waals surface area contributed by atoms with Gasteiger partial charge in [0.2, 0.25) is 17.8 Å². The van der Waals surface area contributed by atoms with Crippen molar-refractivity contribution in [3.63, 3.8) is 0 Å². The predicted octanol–water partition coefficient (Wildman–Crippen LogP) is 3.14. The Bertz CT molecular complexity index is 977. The van der Waals surface area contributed by atoms with E-state index in [1.807, 2.05) is 48.5 Å².